The molecule has 0 aliphatic carbocycles. The van der Waals surface area contributed by atoms with Gasteiger partial charge in [-0.15, -0.1) is 10.2 Å². The number of nitrogens with zero attached hydrogens (tertiary/aromatic N) is 2. The number of aromatic nitrogens is 2. The quantitative estimate of drug-likeness (QED) is 0.596. The molecule has 0 radical (unpaired) electrons. The molecule has 1 N–H and O–H groups in total. The first-order valence-corrected chi connectivity index (χ1v) is 9.13. The van der Waals surface area contributed by atoms with Gasteiger partial charge in [0.2, 0.25) is 11.0 Å². The molecule has 0 bridgehead atoms. The fourth-order valence-corrected chi connectivity index (χ4v) is 3.74. The van der Waals surface area contributed by atoms with E-state index in [-0.39, 0.29) is 5.91 Å². The van der Waals surface area contributed by atoms with Crippen molar-refractivity contribution in [1.29, 1.82) is 0 Å². The fraction of sp³-hybridized carbons (Fsp3) is 0.357. The van der Waals surface area contributed by atoms with E-state index in [1.165, 1.54) is 11.3 Å². The molecule has 0 atom stereocenters. The number of rotatable bonds is 6. The minimum atomic E-state index is -0.0790. The highest BCUT2D eigenvalue weighted by Crippen LogP contribution is 2.27. The molecule has 0 spiro atoms. The van der Waals surface area contributed by atoms with E-state index < -0.39 is 0 Å². The summed E-state index contributed by atoms with van der Waals surface area (Å²) in [5.74, 6) is 1.53. The van der Waals surface area contributed by atoms with Crippen molar-refractivity contribution >= 4 is 50.1 Å². The Morgan fingerprint density at radius 2 is 2.24 bits per heavy atom. The minimum Gasteiger partial charge on any atom is -0.300 e. The van der Waals surface area contributed by atoms with Crippen molar-refractivity contribution in [2.45, 2.75) is 24.6 Å². The number of benzene rings is 1. The third kappa shape index (κ3) is 5.76. The molecule has 4 nitrogen and oxygen atoms in total. The van der Waals surface area contributed by atoms with Gasteiger partial charge in [-0.2, -0.15) is 0 Å². The molecule has 1 aromatic heterocycles. The lowest BCUT2D eigenvalue weighted by Crippen LogP contribution is -2.14. The van der Waals surface area contributed by atoms with E-state index in [4.69, 9.17) is 0 Å². The summed E-state index contributed by atoms with van der Waals surface area (Å²) >= 11 is 6.48. The lowest BCUT2D eigenvalue weighted by molar-refractivity contribution is -0.115. The van der Waals surface area contributed by atoms with E-state index in [1.54, 1.807) is 11.8 Å². The number of nitrogens with one attached hydrogen (secondary N) is 1. The Balaban J connectivity index is 1.88. The van der Waals surface area contributed by atoms with Gasteiger partial charge in [-0.25, -0.2) is 0 Å². The lowest BCUT2D eigenvalue weighted by atomic mass is 10.1. The first-order valence-electron chi connectivity index (χ1n) is 6.53. The van der Waals surface area contributed by atoms with Gasteiger partial charge in [0.15, 0.2) is 4.34 Å². The molecule has 0 aliphatic heterocycles. The Morgan fingerprint density at radius 3 is 2.95 bits per heavy atom. The first kappa shape index (κ1) is 16.5. The molecule has 112 valence electrons. The molecule has 1 aromatic carbocycles. The molecule has 0 unspecified atom stereocenters. The fourth-order valence-electron chi connectivity index (χ4n) is 1.55. The Bertz CT molecular complexity index is 616. The van der Waals surface area contributed by atoms with Crippen molar-refractivity contribution in [2.24, 2.45) is 5.92 Å². The van der Waals surface area contributed by atoms with E-state index in [2.05, 4.69) is 45.3 Å². The third-order valence-corrected chi connectivity index (χ3v) is 5.34. The van der Waals surface area contributed by atoms with Crippen molar-refractivity contribution in [3.8, 4) is 0 Å². The summed E-state index contributed by atoms with van der Waals surface area (Å²) in [7, 11) is 0. The van der Waals surface area contributed by atoms with E-state index in [0.717, 1.165) is 20.1 Å². The van der Waals surface area contributed by atoms with Crippen LogP contribution >= 0.6 is 39.0 Å². The average molecular weight is 386 g/mol. The maximum Gasteiger partial charge on any atom is 0.230 e. The summed E-state index contributed by atoms with van der Waals surface area (Å²) in [5, 5.41) is 11.4. The van der Waals surface area contributed by atoms with Gasteiger partial charge in [-0.3, -0.25) is 4.79 Å². The predicted molar refractivity (Wildman–Crippen MR) is 91.9 cm³/mol. The van der Waals surface area contributed by atoms with Crippen molar-refractivity contribution in [2.75, 3.05) is 11.1 Å². The molecule has 1 amide bonds. The number of anilines is 1. The van der Waals surface area contributed by atoms with E-state index >= 15 is 0 Å². The van der Waals surface area contributed by atoms with Gasteiger partial charge in [0.25, 0.3) is 0 Å². The van der Waals surface area contributed by atoms with Gasteiger partial charge in [0.05, 0.1) is 6.42 Å². The Labute approximate surface area is 140 Å². The Morgan fingerprint density at radius 1 is 1.43 bits per heavy atom. The van der Waals surface area contributed by atoms with Crippen LogP contribution in [0.25, 0.3) is 0 Å². The van der Waals surface area contributed by atoms with E-state index in [1.807, 2.05) is 24.3 Å². The van der Waals surface area contributed by atoms with Gasteiger partial charge in [0.1, 0.15) is 0 Å². The van der Waals surface area contributed by atoms with Crippen LogP contribution in [0.2, 0.25) is 0 Å². The van der Waals surface area contributed by atoms with Crippen molar-refractivity contribution in [1.82, 2.24) is 10.2 Å². The summed E-state index contributed by atoms with van der Waals surface area (Å²) in [4.78, 5) is 12.0. The van der Waals surface area contributed by atoms with Crippen LogP contribution in [0.1, 0.15) is 19.4 Å². The van der Waals surface area contributed by atoms with Crippen molar-refractivity contribution < 1.29 is 4.79 Å². The second-order valence-corrected chi connectivity index (χ2v) is 8.09. The standard InChI is InChI=1S/C14H16BrN3OS2/c1-9(2)8-20-14-18-17-13(21-14)16-12(19)7-10-4-3-5-11(15)6-10/h3-6,9H,7-8H2,1-2H3,(H,16,17,19). The van der Waals surface area contributed by atoms with Crippen LogP contribution in [0.4, 0.5) is 5.13 Å². The zero-order valence-electron chi connectivity index (χ0n) is 11.8. The highest BCUT2D eigenvalue weighted by atomic mass is 79.9. The summed E-state index contributed by atoms with van der Waals surface area (Å²) in [5.41, 5.74) is 0.959. The normalized spacial score (nSPS) is 10.9. The smallest absolute Gasteiger partial charge is 0.230 e. The topological polar surface area (TPSA) is 54.9 Å². The van der Waals surface area contributed by atoms with Crippen LogP contribution in [-0.4, -0.2) is 21.9 Å². The van der Waals surface area contributed by atoms with Crippen LogP contribution in [0, 0.1) is 5.92 Å². The number of amides is 1. The lowest BCUT2D eigenvalue weighted by Gasteiger charge is -2.02. The number of thioether (sulfide) groups is 1. The van der Waals surface area contributed by atoms with Crippen LogP contribution < -0.4 is 5.32 Å². The highest BCUT2D eigenvalue weighted by molar-refractivity contribution is 9.10. The minimum absolute atomic E-state index is 0.0790. The molecular formula is C14H16BrN3OS2. The zero-order chi connectivity index (χ0) is 15.2. The monoisotopic (exact) mass is 385 g/mol. The first-order chi connectivity index (χ1) is 10.0. The van der Waals surface area contributed by atoms with Gasteiger partial charge in [-0.1, -0.05) is 65.0 Å². The van der Waals surface area contributed by atoms with Crippen molar-refractivity contribution in [3.63, 3.8) is 0 Å². The number of carbonyl (C=O) groups is 1. The van der Waals surface area contributed by atoms with Gasteiger partial charge < -0.3 is 5.32 Å². The average Bonchev–Trinajstić information content (AvgIpc) is 2.83. The number of hydrogen-bond acceptors (Lipinski definition) is 5. The second kappa shape index (κ2) is 7.91. The van der Waals surface area contributed by atoms with Crippen LogP contribution in [0.5, 0.6) is 0 Å². The number of halogens is 1. The molecule has 0 aliphatic rings. The van der Waals surface area contributed by atoms with Crippen LogP contribution in [-0.2, 0) is 11.2 Å². The van der Waals surface area contributed by atoms with Crippen molar-refractivity contribution in [3.05, 3.63) is 34.3 Å². The predicted octanol–water partition coefficient (Wildman–Crippen LogP) is 4.23. The Kier molecular flexibility index (Phi) is 6.20. The molecule has 7 heteroatoms. The molecule has 21 heavy (non-hydrogen) atoms. The number of carbonyl (C=O) groups excluding carboxylic acids is 1. The maximum atomic E-state index is 12.0. The zero-order valence-corrected chi connectivity index (χ0v) is 15.0. The van der Waals surface area contributed by atoms with Crippen LogP contribution in [0.15, 0.2) is 33.1 Å². The molecule has 2 rings (SSSR count). The SMILES string of the molecule is CC(C)CSc1nnc(NC(=O)Cc2cccc(Br)c2)s1. The molecule has 0 saturated carbocycles. The Hall–Kier alpha value is -0.920. The molecule has 0 saturated heterocycles. The molecule has 2 aromatic rings. The molecule has 1 heterocycles. The molecule has 0 fully saturated rings. The van der Waals surface area contributed by atoms with E-state index in [0.29, 0.717) is 17.5 Å². The van der Waals surface area contributed by atoms with Gasteiger partial charge in [-0.05, 0) is 23.6 Å². The largest absolute Gasteiger partial charge is 0.300 e. The third-order valence-electron chi connectivity index (χ3n) is 2.45. The van der Waals surface area contributed by atoms with E-state index in [9.17, 15) is 4.79 Å². The van der Waals surface area contributed by atoms with Crippen LogP contribution in [0.3, 0.4) is 0 Å². The summed E-state index contributed by atoms with van der Waals surface area (Å²) in [6.07, 6.45) is 0.327. The summed E-state index contributed by atoms with van der Waals surface area (Å²) < 4.78 is 1.86. The molecular weight excluding hydrogens is 370 g/mol. The highest BCUT2D eigenvalue weighted by Gasteiger charge is 2.10. The van der Waals surface area contributed by atoms with Gasteiger partial charge >= 0.3 is 0 Å². The number of hydrogen-bond donors (Lipinski definition) is 1. The second-order valence-electron chi connectivity index (χ2n) is 4.93. The maximum absolute atomic E-state index is 12.0. The van der Waals surface area contributed by atoms with Gasteiger partial charge in [0, 0.05) is 10.2 Å². The summed E-state index contributed by atoms with van der Waals surface area (Å²) in [6.45, 7) is 4.32. The summed E-state index contributed by atoms with van der Waals surface area (Å²) in [6, 6.07) is 7.71.